The molecular formula is C13H14N2O3S. The third kappa shape index (κ3) is 2.01. The molecule has 19 heavy (non-hydrogen) atoms. The molecule has 3 rings (SSSR count). The highest BCUT2D eigenvalue weighted by atomic mass is 32.2. The molecule has 0 amide bonds. The second kappa shape index (κ2) is 4.56. The minimum atomic E-state index is -3.49. The Morgan fingerprint density at radius 3 is 2.79 bits per heavy atom. The van der Waals surface area contributed by atoms with Crippen LogP contribution in [0.2, 0.25) is 0 Å². The van der Waals surface area contributed by atoms with Gasteiger partial charge in [0.15, 0.2) is 0 Å². The number of rotatable bonds is 3. The van der Waals surface area contributed by atoms with Gasteiger partial charge in [-0.3, -0.25) is 4.98 Å². The molecule has 1 aliphatic rings. The third-order valence-electron chi connectivity index (χ3n) is 3.41. The van der Waals surface area contributed by atoms with Gasteiger partial charge < -0.3 is 5.11 Å². The van der Waals surface area contributed by atoms with Crippen molar-refractivity contribution >= 4 is 20.9 Å². The van der Waals surface area contributed by atoms with Crippen LogP contribution in [0.15, 0.2) is 41.4 Å². The summed E-state index contributed by atoms with van der Waals surface area (Å²) in [5, 5.41) is 9.62. The molecule has 1 aromatic heterocycles. The molecule has 0 saturated carbocycles. The number of hydrogen-bond donors (Lipinski definition) is 1. The molecule has 100 valence electrons. The van der Waals surface area contributed by atoms with Crippen LogP contribution in [0.5, 0.6) is 0 Å². The van der Waals surface area contributed by atoms with Crippen molar-refractivity contribution in [3.63, 3.8) is 0 Å². The van der Waals surface area contributed by atoms with Gasteiger partial charge in [0.25, 0.3) is 0 Å². The molecule has 1 aromatic carbocycles. The molecule has 0 aliphatic carbocycles. The van der Waals surface area contributed by atoms with Crippen LogP contribution in [0.3, 0.4) is 0 Å². The summed E-state index contributed by atoms with van der Waals surface area (Å²) in [4.78, 5) is 4.45. The maximum Gasteiger partial charge on any atom is 0.243 e. The Bertz CT molecular complexity index is 703. The monoisotopic (exact) mass is 278 g/mol. The van der Waals surface area contributed by atoms with Gasteiger partial charge >= 0.3 is 0 Å². The first-order chi connectivity index (χ1) is 9.13. The van der Waals surface area contributed by atoms with E-state index in [2.05, 4.69) is 4.98 Å². The van der Waals surface area contributed by atoms with Crippen LogP contribution in [0.25, 0.3) is 10.9 Å². The zero-order chi connectivity index (χ0) is 13.5. The van der Waals surface area contributed by atoms with E-state index in [-0.39, 0.29) is 17.4 Å². The molecule has 1 saturated heterocycles. The van der Waals surface area contributed by atoms with Gasteiger partial charge in [0.2, 0.25) is 10.0 Å². The fraction of sp³-hybridized carbons (Fsp3) is 0.308. The molecular weight excluding hydrogens is 264 g/mol. The zero-order valence-corrected chi connectivity index (χ0v) is 11.0. The highest BCUT2D eigenvalue weighted by Crippen LogP contribution is 2.29. The Morgan fingerprint density at radius 1 is 1.26 bits per heavy atom. The quantitative estimate of drug-likeness (QED) is 0.903. The summed E-state index contributed by atoms with van der Waals surface area (Å²) in [5.74, 6) is 0.0582. The second-order valence-electron chi connectivity index (χ2n) is 4.70. The van der Waals surface area contributed by atoms with Crippen LogP contribution in [-0.4, -0.2) is 42.5 Å². The van der Waals surface area contributed by atoms with E-state index in [1.807, 2.05) is 0 Å². The van der Waals surface area contributed by atoms with Gasteiger partial charge in [-0.2, -0.15) is 4.31 Å². The lowest BCUT2D eigenvalue weighted by atomic mass is 10.1. The van der Waals surface area contributed by atoms with Crippen molar-refractivity contribution in [1.82, 2.24) is 9.29 Å². The number of sulfonamides is 1. The van der Waals surface area contributed by atoms with Gasteiger partial charge in [-0.15, -0.1) is 0 Å². The molecule has 0 atom stereocenters. The lowest BCUT2D eigenvalue weighted by molar-refractivity contribution is 0.117. The van der Waals surface area contributed by atoms with Crippen LogP contribution in [0, 0.1) is 5.92 Å². The van der Waals surface area contributed by atoms with Crippen LogP contribution in [0.1, 0.15) is 0 Å². The fourth-order valence-electron chi connectivity index (χ4n) is 2.27. The second-order valence-corrected chi connectivity index (χ2v) is 6.60. The van der Waals surface area contributed by atoms with Crippen molar-refractivity contribution in [1.29, 1.82) is 0 Å². The molecule has 2 aromatic rings. The van der Waals surface area contributed by atoms with Gasteiger partial charge in [0, 0.05) is 37.2 Å². The van der Waals surface area contributed by atoms with E-state index in [0.717, 1.165) is 0 Å². The Morgan fingerprint density at radius 2 is 2.05 bits per heavy atom. The standard InChI is InChI=1S/C13H14N2O3S/c16-9-10-7-15(8-10)19(17,18)13-5-1-4-12-11(13)3-2-6-14-12/h1-6,10,16H,7-9H2. The highest BCUT2D eigenvalue weighted by Gasteiger charge is 2.36. The maximum atomic E-state index is 12.5. The number of pyridine rings is 1. The summed E-state index contributed by atoms with van der Waals surface area (Å²) >= 11 is 0. The Kier molecular flexibility index (Phi) is 3.00. The summed E-state index contributed by atoms with van der Waals surface area (Å²) in [6, 6.07) is 8.59. The first-order valence-corrected chi connectivity index (χ1v) is 7.51. The van der Waals surface area contributed by atoms with Gasteiger partial charge in [-0.1, -0.05) is 6.07 Å². The summed E-state index contributed by atoms with van der Waals surface area (Å²) in [6.07, 6.45) is 1.64. The Labute approximate surface area is 111 Å². The number of fused-ring (bicyclic) bond motifs is 1. The molecule has 2 heterocycles. The fourth-order valence-corrected chi connectivity index (χ4v) is 4.07. The van der Waals surface area contributed by atoms with Crippen molar-refractivity contribution in [3.05, 3.63) is 36.5 Å². The van der Waals surface area contributed by atoms with Crippen molar-refractivity contribution in [3.8, 4) is 0 Å². The summed E-state index contributed by atoms with van der Waals surface area (Å²) in [5.41, 5.74) is 0.669. The summed E-state index contributed by atoms with van der Waals surface area (Å²) in [7, 11) is -3.49. The van der Waals surface area contributed by atoms with Gasteiger partial charge in [-0.25, -0.2) is 8.42 Å². The first-order valence-electron chi connectivity index (χ1n) is 6.07. The molecule has 1 N–H and O–H groups in total. The average molecular weight is 278 g/mol. The smallest absolute Gasteiger partial charge is 0.243 e. The lowest BCUT2D eigenvalue weighted by Crippen LogP contribution is -2.51. The molecule has 1 aliphatic heterocycles. The first kappa shape index (κ1) is 12.5. The molecule has 5 nitrogen and oxygen atoms in total. The van der Waals surface area contributed by atoms with E-state index >= 15 is 0 Å². The van der Waals surface area contributed by atoms with Gasteiger partial charge in [0.05, 0.1) is 10.4 Å². The Balaban J connectivity index is 2.05. The topological polar surface area (TPSA) is 70.5 Å². The van der Waals surface area contributed by atoms with Crippen LogP contribution >= 0.6 is 0 Å². The van der Waals surface area contributed by atoms with E-state index in [0.29, 0.717) is 24.0 Å². The number of aromatic nitrogens is 1. The molecule has 0 radical (unpaired) electrons. The van der Waals surface area contributed by atoms with E-state index in [9.17, 15) is 8.42 Å². The number of hydrogen-bond acceptors (Lipinski definition) is 4. The number of benzene rings is 1. The zero-order valence-electron chi connectivity index (χ0n) is 10.2. The summed E-state index contributed by atoms with van der Waals surface area (Å²) in [6.45, 7) is 0.800. The maximum absolute atomic E-state index is 12.5. The van der Waals surface area contributed by atoms with E-state index in [4.69, 9.17) is 5.11 Å². The average Bonchev–Trinajstić information content (AvgIpc) is 2.36. The van der Waals surface area contributed by atoms with Gasteiger partial charge in [0.1, 0.15) is 0 Å². The third-order valence-corrected chi connectivity index (χ3v) is 5.30. The van der Waals surface area contributed by atoms with Crippen LogP contribution in [-0.2, 0) is 10.0 Å². The lowest BCUT2D eigenvalue weighted by Gasteiger charge is -2.37. The molecule has 0 spiro atoms. The number of aliphatic hydroxyl groups is 1. The van der Waals surface area contributed by atoms with Crippen molar-refractivity contribution < 1.29 is 13.5 Å². The normalized spacial score (nSPS) is 17.5. The predicted molar refractivity (Wildman–Crippen MR) is 71.1 cm³/mol. The van der Waals surface area contributed by atoms with Crippen LogP contribution < -0.4 is 0 Å². The molecule has 0 bridgehead atoms. The predicted octanol–water partition coefficient (Wildman–Crippen LogP) is 0.848. The van der Waals surface area contributed by atoms with E-state index in [1.165, 1.54) is 4.31 Å². The summed E-state index contributed by atoms with van der Waals surface area (Å²) < 4.78 is 26.4. The highest BCUT2D eigenvalue weighted by molar-refractivity contribution is 7.89. The Hall–Kier alpha value is -1.50. The number of nitrogens with zero attached hydrogens (tertiary/aromatic N) is 2. The minimum Gasteiger partial charge on any atom is -0.396 e. The van der Waals surface area contributed by atoms with E-state index in [1.54, 1.807) is 36.5 Å². The van der Waals surface area contributed by atoms with Crippen molar-refractivity contribution in [2.45, 2.75) is 4.90 Å². The van der Waals surface area contributed by atoms with Crippen molar-refractivity contribution in [2.75, 3.05) is 19.7 Å². The SMILES string of the molecule is O=S(=O)(c1cccc2ncccc12)N1CC(CO)C1. The largest absolute Gasteiger partial charge is 0.396 e. The molecule has 0 unspecified atom stereocenters. The molecule has 1 fully saturated rings. The molecule has 6 heteroatoms. The van der Waals surface area contributed by atoms with Crippen molar-refractivity contribution in [2.24, 2.45) is 5.92 Å². The minimum absolute atomic E-state index is 0.0309. The van der Waals surface area contributed by atoms with Crippen LogP contribution in [0.4, 0.5) is 0 Å². The number of aliphatic hydroxyl groups excluding tert-OH is 1. The van der Waals surface area contributed by atoms with Gasteiger partial charge in [-0.05, 0) is 24.3 Å². The van der Waals surface area contributed by atoms with E-state index < -0.39 is 10.0 Å².